The smallest absolute Gasteiger partial charge is 0.305 e. The number of hydrogen-bond acceptors (Lipinski definition) is 3. The normalized spacial score (nSPS) is 9.50. The van der Waals surface area contributed by atoms with Gasteiger partial charge in [-0.2, -0.15) is 0 Å². The minimum absolute atomic E-state index is 0.0287. The maximum Gasteiger partial charge on any atom is 0.305 e. The number of carbonyl (C=O) groups excluding carboxylic acids is 1. The van der Waals surface area contributed by atoms with E-state index < -0.39 is 5.97 Å². The van der Waals surface area contributed by atoms with Crippen LogP contribution in [0.25, 0.3) is 0 Å². The zero-order valence-corrected chi connectivity index (χ0v) is 9.17. The van der Waals surface area contributed by atoms with Crippen molar-refractivity contribution in [2.45, 2.75) is 6.42 Å². The summed E-state index contributed by atoms with van der Waals surface area (Å²) in [5, 5.41) is 10.8. The average molecular weight is 266 g/mol. The summed E-state index contributed by atoms with van der Waals surface area (Å²) in [6.07, 6.45) is -0.0287. The van der Waals surface area contributed by atoms with Crippen LogP contribution in [-0.2, 0) is 14.3 Å². The first kappa shape index (κ1) is 13.1. The van der Waals surface area contributed by atoms with Gasteiger partial charge in [0.2, 0.25) is 0 Å². The van der Waals surface area contributed by atoms with Gasteiger partial charge in [-0.25, -0.2) is 0 Å². The third kappa shape index (κ3) is 7.75. The van der Waals surface area contributed by atoms with E-state index in [0.717, 1.165) is 0 Å². The molecule has 0 saturated heterocycles. The minimum Gasteiger partial charge on any atom is -0.481 e. The largest absolute Gasteiger partial charge is 0.481 e. The molecule has 0 saturated carbocycles. The van der Waals surface area contributed by atoms with E-state index >= 15 is 0 Å². The van der Waals surface area contributed by atoms with Crippen LogP contribution in [0.15, 0.2) is 11.1 Å². The Labute approximate surface area is 90.3 Å². The predicted molar refractivity (Wildman–Crippen MR) is 54.1 cm³/mol. The van der Waals surface area contributed by atoms with Crippen molar-refractivity contribution in [2.24, 2.45) is 0 Å². The highest BCUT2D eigenvalue weighted by Crippen LogP contribution is 1.98. The molecule has 0 radical (unpaired) electrons. The van der Waals surface area contributed by atoms with E-state index in [9.17, 15) is 9.59 Å². The molecule has 0 aliphatic heterocycles. The van der Waals surface area contributed by atoms with Gasteiger partial charge in [0.25, 0.3) is 5.91 Å². The topological polar surface area (TPSA) is 75.6 Å². The van der Waals surface area contributed by atoms with Crippen molar-refractivity contribution in [1.29, 1.82) is 0 Å². The first-order valence-corrected chi connectivity index (χ1v) is 4.75. The van der Waals surface area contributed by atoms with Gasteiger partial charge in [-0.05, 0) is 15.9 Å². The third-order valence-electron chi connectivity index (χ3n) is 1.24. The fourth-order valence-electron chi connectivity index (χ4n) is 0.594. The molecule has 0 aliphatic rings. The van der Waals surface area contributed by atoms with Gasteiger partial charge in [-0.15, -0.1) is 0 Å². The summed E-state index contributed by atoms with van der Waals surface area (Å²) in [7, 11) is 0. The predicted octanol–water partition coefficient (Wildman–Crippen LogP) is 0.502. The molecule has 0 spiro atoms. The number of carboxylic acids is 1. The number of carbonyl (C=O) groups is 2. The fourth-order valence-corrected chi connectivity index (χ4v) is 0.734. The quantitative estimate of drug-likeness (QED) is 0.519. The second-order valence-electron chi connectivity index (χ2n) is 2.42. The molecule has 0 heterocycles. The molecule has 0 unspecified atom stereocenters. The molecular weight excluding hydrogens is 254 g/mol. The molecular formula is C8H12BrNO4. The van der Waals surface area contributed by atoms with Gasteiger partial charge in [-0.1, -0.05) is 6.58 Å². The maximum atomic E-state index is 10.9. The fraction of sp³-hybridized carbons (Fsp3) is 0.500. The summed E-state index contributed by atoms with van der Waals surface area (Å²) in [6.45, 7) is 4.16. The lowest BCUT2D eigenvalue weighted by atomic mass is 10.5. The Kier molecular flexibility index (Phi) is 7.04. The maximum absolute atomic E-state index is 10.9. The van der Waals surface area contributed by atoms with Crippen molar-refractivity contribution < 1.29 is 19.4 Å². The summed E-state index contributed by atoms with van der Waals surface area (Å²) in [5.41, 5.74) is 0. The molecule has 2 N–H and O–H groups in total. The van der Waals surface area contributed by atoms with Crippen LogP contribution < -0.4 is 5.32 Å². The molecule has 14 heavy (non-hydrogen) atoms. The van der Waals surface area contributed by atoms with Crippen LogP contribution >= 0.6 is 15.9 Å². The number of nitrogens with one attached hydrogen (secondary N) is 1. The molecule has 0 fully saturated rings. The molecule has 80 valence electrons. The average Bonchev–Trinajstić information content (AvgIpc) is 2.09. The van der Waals surface area contributed by atoms with Gasteiger partial charge < -0.3 is 15.2 Å². The van der Waals surface area contributed by atoms with Gasteiger partial charge in [0, 0.05) is 6.54 Å². The number of amides is 1. The van der Waals surface area contributed by atoms with Crippen molar-refractivity contribution in [3.8, 4) is 0 Å². The number of carboxylic acid groups (broad SMARTS) is 1. The second kappa shape index (κ2) is 7.52. The lowest BCUT2D eigenvalue weighted by Crippen LogP contribution is -2.27. The van der Waals surface area contributed by atoms with Crippen LogP contribution in [0.2, 0.25) is 0 Å². The van der Waals surface area contributed by atoms with Crippen molar-refractivity contribution >= 4 is 27.8 Å². The zero-order chi connectivity index (χ0) is 11.0. The van der Waals surface area contributed by atoms with Gasteiger partial charge >= 0.3 is 5.97 Å². The number of ether oxygens (including phenoxy) is 1. The van der Waals surface area contributed by atoms with Crippen LogP contribution in [0.1, 0.15) is 6.42 Å². The first-order chi connectivity index (χ1) is 6.54. The SMILES string of the molecule is C=C(Br)C(=O)NCCOCCC(=O)O. The zero-order valence-electron chi connectivity index (χ0n) is 7.59. The number of rotatable bonds is 7. The van der Waals surface area contributed by atoms with E-state index in [1.165, 1.54) is 0 Å². The van der Waals surface area contributed by atoms with Crippen LogP contribution in [-0.4, -0.2) is 36.7 Å². The van der Waals surface area contributed by atoms with Crippen LogP contribution in [0.4, 0.5) is 0 Å². The molecule has 0 rings (SSSR count). The third-order valence-corrected chi connectivity index (χ3v) is 1.60. The van der Waals surface area contributed by atoms with Gasteiger partial charge in [-0.3, -0.25) is 9.59 Å². The monoisotopic (exact) mass is 265 g/mol. The molecule has 0 aromatic heterocycles. The van der Waals surface area contributed by atoms with E-state index in [0.29, 0.717) is 13.2 Å². The van der Waals surface area contributed by atoms with Crippen LogP contribution in [0.3, 0.4) is 0 Å². The Morgan fingerprint density at radius 1 is 1.43 bits per heavy atom. The number of hydrogen-bond donors (Lipinski definition) is 2. The Hall–Kier alpha value is -0.880. The highest BCUT2D eigenvalue weighted by Gasteiger charge is 2.01. The molecule has 0 bridgehead atoms. The van der Waals surface area contributed by atoms with Gasteiger partial charge in [0.05, 0.1) is 24.1 Å². The van der Waals surface area contributed by atoms with Crippen molar-refractivity contribution in [3.05, 3.63) is 11.1 Å². The molecule has 0 aromatic carbocycles. The van der Waals surface area contributed by atoms with Crippen molar-refractivity contribution in [3.63, 3.8) is 0 Å². The Balaban J connectivity index is 3.26. The second-order valence-corrected chi connectivity index (χ2v) is 3.37. The Bertz CT molecular complexity index is 229. The Morgan fingerprint density at radius 3 is 2.57 bits per heavy atom. The number of aliphatic carboxylic acids is 1. The molecule has 0 aliphatic carbocycles. The summed E-state index contributed by atoms with van der Waals surface area (Å²) in [6, 6.07) is 0. The molecule has 1 amide bonds. The van der Waals surface area contributed by atoms with E-state index in [1.54, 1.807) is 0 Å². The van der Waals surface area contributed by atoms with Crippen LogP contribution in [0, 0.1) is 0 Å². The van der Waals surface area contributed by atoms with Crippen molar-refractivity contribution in [2.75, 3.05) is 19.8 Å². The molecule has 5 nitrogen and oxygen atoms in total. The lowest BCUT2D eigenvalue weighted by molar-refractivity contribution is -0.138. The van der Waals surface area contributed by atoms with Crippen molar-refractivity contribution in [1.82, 2.24) is 5.32 Å². The Morgan fingerprint density at radius 2 is 2.07 bits per heavy atom. The highest BCUT2D eigenvalue weighted by atomic mass is 79.9. The molecule has 6 heteroatoms. The summed E-state index contributed by atoms with van der Waals surface area (Å²) < 4.78 is 5.19. The van der Waals surface area contributed by atoms with Gasteiger partial charge in [0.15, 0.2) is 0 Å². The van der Waals surface area contributed by atoms with E-state index in [2.05, 4.69) is 27.8 Å². The van der Waals surface area contributed by atoms with E-state index in [4.69, 9.17) is 9.84 Å². The van der Waals surface area contributed by atoms with E-state index in [-0.39, 0.29) is 23.4 Å². The summed E-state index contributed by atoms with van der Waals surface area (Å²) in [4.78, 5) is 20.9. The summed E-state index contributed by atoms with van der Waals surface area (Å²) in [5.74, 6) is -1.20. The molecule has 0 atom stereocenters. The van der Waals surface area contributed by atoms with Crippen LogP contribution in [0.5, 0.6) is 0 Å². The molecule has 0 aromatic rings. The lowest BCUT2D eigenvalue weighted by Gasteiger charge is -2.04. The number of halogens is 1. The standard InChI is InChI=1S/C8H12BrNO4/c1-6(9)8(13)10-3-5-14-4-2-7(11)12/h1-5H2,(H,10,13)(H,11,12). The van der Waals surface area contributed by atoms with E-state index in [1.807, 2.05) is 0 Å². The summed E-state index contributed by atoms with van der Waals surface area (Å²) >= 11 is 2.92. The first-order valence-electron chi connectivity index (χ1n) is 3.96. The highest BCUT2D eigenvalue weighted by molar-refractivity contribution is 9.12. The van der Waals surface area contributed by atoms with Gasteiger partial charge in [0.1, 0.15) is 0 Å². The minimum atomic E-state index is -0.900.